The van der Waals surface area contributed by atoms with Gasteiger partial charge in [0.15, 0.2) is 0 Å². The largest absolute Gasteiger partial charge is 0.327 e. The molecule has 4 heteroatoms. The third kappa shape index (κ3) is 4.83. The van der Waals surface area contributed by atoms with E-state index >= 15 is 0 Å². The van der Waals surface area contributed by atoms with Crippen molar-refractivity contribution >= 4 is 11.8 Å². The normalized spacial score (nSPS) is 12.4. The molecule has 0 radical (unpaired) electrons. The molecule has 1 aromatic carbocycles. The van der Waals surface area contributed by atoms with E-state index in [1.807, 2.05) is 13.0 Å². The molecule has 2 rings (SSSR count). The van der Waals surface area contributed by atoms with E-state index in [1.54, 1.807) is 11.8 Å². The van der Waals surface area contributed by atoms with Crippen LogP contribution in [-0.4, -0.2) is 16.0 Å². The fourth-order valence-corrected chi connectivity index (χ4v) is 3.03. The zero-order valence-electron chi connectivity index (χ0n) is 13.0. The standard InChI is InChI=1S/C17H23N3S/c1-4-14(18)10-15-9-13(3)19-17(20-15)11-21-16-8-6-5-7-12(16)2/h5-9,14H,4,10-11,18H2,1-3H3. The zero-order valence-corrected chi connectivity index (χ0v) is 13.8. The van der Waals surface area contributed by atoms with Crippen LogP contribution in [0.2, 0.25) is 0 Å². The van der Waals surface area contributed by atoms with E-state index in [4.69, 9.17) is 5.73 Å². The highest BCUT2D eigenvalue weighted by Gasteiger charge is 2.07. The van der Waals surface area contributed by atoms with Crippen molar-refractivity contribution in [2.24, 2.45) is 5.73 Å². The van der Waals surface area contributed by atoms with Crippen LogP contribution in [0.25, 0.3) is 0 Å². The summed E-state index contributed by atoms with van der Waals surface area (Å²) in [5.74, 6) is 1.68. The van der Waals surface area contributed by atoms with E-state index in [0.29, 0.717) is 0 Å². The first kappa shape index (κ1) is 16.0. The fraction of sp³-hybridized carbons (Fsp3) is 0.412. The second-order valence-electron chi connectivity index (χ2n) is 5.34. The Morgan fingerprint density at radius 2 is 1.95 bits per heavy atom. The second-order valence-corrected chi connectivity index (χ2v) is 6.36. The van der Waals surface area contributed by atoms with Gasteiger partial charge in [0.05, 0.1) is 5.75 Å². The molecule has 0 amide bonds. The lowest BCUT2D eigenvalue weighted by Gasteiger charge is -2.10. The monoisotopic (exact) mass is 301 g/mol. The molecule has 2 N–H and O–H groups in total. The molecule has 0 aliphatic carbocycles. The molecule has 2 aromatic rings. The minimum atomic E-state index is 0.177. The van der Waals surface area contributed by atoms with E-state index in [1.165, 1.54) is 10.5 Å². The Balaban J connectivity index is 2.08. The van der Waals surface area contributed by atoms with Crippen molar-refractivity contribution in [3.8, 4) is 0 Å². The molecule has 1 heterocycles. The predicted octanol–water partition coefficient (Wildman–Crippen LogP) is 3.67. The van der Waals surface area contributed by atoms with Crippen LogP contribution in [0.5, 0.6) is 0 Å². The van der Waals surface area contributed by atoms with E-state index in [9.17, 15) is 0 Å². The SMILES string of the molecule is CCC(N)Cc1cc(C)nc(CSc2ccccc2C)n1. The Kier molecular flexibility index (Phi) is 5.76. The molecule has 0 aliphatic heterocycles. The van der Waals surface area contributed by atoms with Gasteiger partial charge in [-0.3, -0.25) is 0 Å². The summed E-state index contributed by atoms with van der Waals surface area (Å²) in [6, 6.07) is 10.6. The van der Waals surface area contributed by atoms with Crippen molar-refractivity contribution in [3.63, 3.8) is 0 Å². The Morgan fingerprint density at radius 1 is 1.19 bits per heavy atom. The number of rotatable bonds is 6. The first-order chi connectivity index (χ1) is 10.1. The number of thioether (sulfide) groups is 1. The molecule has 0 saturated carbocycles. The molecule has 1 unspecified atom stereocenters. The molecule has 0 spiro atoms. The van der Waals surface area contributed by atoms with Crippen molar-refractivity contribution in [1.82, 2.24) is 9.97 Å². The average Bonchev–Trinajstić information content (AvgIpc) is 2.45. The molecule has 1 aromatic heterocycles. The molecule has 0 aliphatic rings. The van der Waals surface area contributed by atoms with Crippen LogP contribution < -0.4 is 5.73 Å². The number of aromatic nitrogens is 2. The van der Waals surface area contributed by atoms with E-state index in [0.717, 1.165) is 35.8 Å². The van der Waals surface area contributed by atoms with Gasteiger partial charge in [0.25, 0.3) is 0 Å². The number of benzene rings is 1. The lowest BCUT2D eigenvalue weighted by atomic mass is 10.1. The molecular weight excluding hydrogens is 278 g/mol. The minimum absolute atomic E-state index is 0.177. The molecule has 21 heavy (non-hydrogen) atoms. The number of aryl methyl sites for hydroxylation is 2. The van der Waals surface area contributed by atoms with Crippen LogP contribution >= 0.6 is 11.8 Å². The van der Waals surface area contributed by atoms with Crippen LogP contribution in [-0.2, 0) is 12.2 Å². The van der Waals surface area contributed by atoms with Gasteiger partial charge < -0.3 is 5.73 Å². The van der Waals surface area contributed by atoms with Gasteiger partial charge in [-0.05, 0) is 38.0 Å². The maximum absolute atomic E-state index is 6.02. The third-order valence-electron chi connectivity index (χ3n) is 3.40. The molecular formula is C17H23N3S. The van der Waals surface area contributed by atoms with Crippen LogP contribution in [0.4, 0.5) is 0 Å². The van der Waals surface area contributed by atoms with Crippen molar-refractivity contribution in [2.45, 2.75) is 50.3 Å². The summed E-state index contributed by atoms with van der Waals surface area (Å²) in [5, 5.41) is 0. The Bertz CT molecular complexity index is 598. The Morgan fingerprint density at radius 3 is 2.67 bits per heavy atom. The third-order valence-corrected chi connectivity index (χ3v) is 4.57. The number of hydrogen-bond donors (Lipinski definition) is 1. The quantitative estimate of drug-likeness (QED) is 0.827. The summed E-state index contributed by atoms with van der Waals surface area (Å²) in [5.41, 5.74) is 9.39. The Hall–Kier alpha value is -1.39. The van der Waals surface area contributed by atoms with Crippen LogP contribution in [0.1, 0.15) is 36.1 Å². The van der Waals surface area contributed by atoms with Gasteiger partial charge >= 0.3 is 0 Å². The van der Waals surface area contributed by atoms with Gasteiger partial charge in [0.2, 0.25) is 0 Å². The van der Waals surface area contributed by atoms with Crippen molar-refractivity contribution in [1.29, 1.82) is 0 Å². The smallest absolute Gasteiger partial charge is 0.139 e. The zero-order chi connectivity index (χ0) is 15.2. The second kappa shape index (κ2) is 7.57. The van der Waals surface area contributed by atoms with Gasteiger partial charge in [-0.25, -0.2) is 9.97 Å². The van der Waals surface area contributed by atoms with Crippen LogP contribution in [0.3, 0.4) is 0 Å². The minimum Gasteiger partial charge on any atom is -0.327 e. The lowest BCUT2D eigenvalue weighted by Crippen LogP contribution is -2.22. The summed E-state index contributed by atoms with van der Waals surface area (Å²) >= 11 is 1.79. The van der Waals surface area contributed by atoms with Gasteiger partial charge in [-0.2, -0.15) is 0 Å². The van der Waals surface area contributed by atoms with E-state index in [-0.39, 0.29) is 6.04 Å². The molecule has 0 saturated heterocycles. The van der Waals surface area contributed by atoms with Gasteiger partial charge in [0.1, 0.15) is 5.82 Å². The molecule has 0 fully saturated rings. The van der Waals surface area contributed by atoms with E-state index in [2.05, 4.69) is 48.1 Å². The maximum atomic E-state index is 6.02. The van der Waals surface area contributed by atoms with Gasteiger partial charge in [-0.15, -0.1) is 11.8 Å². The highest BCUT2D eigenvalue weighted by Crippen LogP contribution is 2.24. The molecule has 112 valence electrons. The highest BCUT2D eigenvalue weighted by molar-refractivity contribution is 7.98. The van der Waals surface area contributed by atoms with E-state index < -0.39 is 0 Å². The number of nitrogens with two attached hydrogens (primary N) is 1. The lowest BCUT2D eigenvalue weighted by molar-refractivity contribution is 0.633. The van der Waals surface area contributed by atoms with Gasteiger partial charge in [-0.1, -0.05) is 25.1 Å². The van der Waals surface area contributed by atoms with Crippen molar-refractivity contribution in [3.05, 3.63) is 53.1 Å². The van der Waals surface area contributed by atoms with Crippen LogP contribution in [0, 0.1) is 13.8 Å². The highest BCUT2D eigenvalue weighted by atomic mass is 32.2. The summed E-state index contributed by atoms with van der Waals surface area (Å²) in [6.07, 6.45) is 1.79. The maximum Gasteiger partial charge on any atom is 0.139 e. The molecule has 3 nitrogen and oxygen atoms in total. The number of hydrogen-bond acceptors (Lipinski definition) is 4. The summed E-state index contributed by atoms with van der Waals surface area (Å²) in [7, 11) is 0. The number of nitrogens with zero attached hydrogens (tertiary/aromatic N) is 2. The summed E-state index contributed by atoms with van der Waals surface area (Å²) in [4.78, 5) is 10.5. The van der Waals surface area contributed by atoms with Crippen LogP contribution in [0.15, 0.2) is 35.2 Å². The van der Waals surface area contributed by atoms with Gasteiger partial charge in [0, 0.05) is 28.7 Å². The fourth-order valence-electron chi connectivity index (χ4n) is 2.14. The van der Waals surface area contributed by atoms with Crippen molar-refractivity contribution < 1.29 is 0 Å². The first-order valence-corrected chi connectivity index (χ1v) is 8.34. The predicted molar refractivity (Wildman–Crippen MR) is 89.5 cm³/mol. The summed E-state index contributed by atoms with van der Waals surface area (Å²) < 4.78 is 0. The summed E-state index contributed by atoms with van der Waals surface area (Å²) in [6.45, 7) is 6.25. The topological polar surface area (TPSA) is 51.8 Å². The molecule has 1 atom stereocenters. The Labute approximate surface area is 131 Å². The molecule has 0 bridgehead atoms. The average molecular weight is 301 g/mol. The first-order valence-electron chi connectivity index (χ1n) is 7.36. The van der Waals surface area contributed by atoms with Crippen molar-refractivity contribution in [2.75, 3.05) is 0 Å².